The van der Waals surface area contributed by atoms with Crippen molar-refractivity contribution >= 4 is 17.2 Å². The van der Waals surface area contributed by atoms with Gasteiger partial charge in [-0.05, 0) is 51.0 Å². The summed E-state index contributed by atoms with van der Waals surface area (Å²) in [4.78, 5) is 22.4. The Labute approximate surface area is 206 Å². The number of carbonyl (C=O) groups excluding carboxylic acids is 1. The Hall–Kier alpha value is -3.29. The minimum absolute atomic E-state index is 0.226. The number of amides is 1. The fourth-order valence-electron chi connectivity index (χ4n) is 5.55. The van der Waals surface area contributed by atoms with E-state index in [1.54, 1.807) is 14.2 Å². The van der Waals surface area contributed by atoms with Gasteiger partial charge in [0.2, 0.25) is 5.91 Å². The average Bonchev–Trinajstić information content (AvgIpc) is 3.23. The number of methoxy groups -OCH3 is 2. The second-order valence-electron chi connectivity index (χ2n) is 9.67. The van der Waals surface area contributed by atoms with E-state index in [2.05, 4.69) is 15.9 Å². The van der Waals surface area contributed by atoms with Crippen molar-refractivity contribution in [2.24, 2.45) is 5.92 Å². The summed E-state index contributed by atoms with van der Waals surface area (Å²) in [5.74, 6) is 1.94. The first-order valence-electron chi connectivity index (χ1n) is 12.6. The van der Waals surface area contributed by atoms with Gasteiger partial charge in [0.05, 0.1) is 37.0 Å². The number of piperazine rings is 1. The topological polar surface area (TPSA) is 72.2 Å². The van der Waals surface area contributed by atoms with Gasteiger partial charge in [-0.2, -0.15) is 5.10 Å². The quantitative estimate of drug-likeness (QED) is 0.547. The van der Waals surface area contributed by atoms with E-state index in [0.717, 1.165) is 73.0 Å². The molecule has 5 rings (SSSR count). The second-order valence-corrected chi connectivity index (χ2v) is 9.67. The molecule has 0 radical (unpaired) electrons. The molecule has 1 saturated carbocycles. The predicted molar refractivity (Wildman–Crippen MR) is 136 cm³/mol. The molecule has 1 saturated heterocycles. The molecule has 3 heterocycles. The molecule has 2 aromatic heterocycles. The summed E-state index contributed by atoms with van der Waals surface area (Å²) in [6.07, 6.45) is 5.74. The molecule has 1 aliphatic carbocycles. The number of nitrogens with zero attached hydrogens (tertiary/aromatic N) is 5. The molecule has 8 nitrogen and oxygen atoms in total. The minimum Gasteiger partial charge on any atom is -0.493 e. The van der Waals surface area contributed by atoms with Gasteiger partial charge in [-0.1, -0.05) is 19.3 Å². The van der Waals surface area contributed by atoms with Crippen molar-refractivity contribution in [2.45, 2.75) is 46.0 Å². The maximum absolute atomic E-state index is 13.0. The van der Waals surface area contributed by atoms with E-state index in [1.807, 2.05) is 36.6 Å². The molecule has 8 heteroatoms. The second kappa shape index (κ2) is 9.76. The molecule has 0 N–H and O–H groups in total. The molecule has 186 valence electrons. The van der Waals surface area contributed by atoms with Crippen LogP contribution in [0.4, 0.5) is 5.69 Å². The van der Waals surface area contributed by atoms with Crippen molar-refractivity contribution in [3.05, 3.63) is 35.7 Å². The van der Waals surface area contributed by atoms with Crippen LogP contribution >= 0.6 is 0 Å². The maximum Gasteiger partial charge on any atom is 0.225 e. The molecule has 35 heavy (non-hydrogen) atoms. The van der Waals surface area contributed by atoms with Crippen LogP contribution in [0.3, 0.4) is 0 Å². The third-order valence-electron chi connectivity index (χ3n) is 7.40. The Morgan fingerprint density at radius 2 is 1.66 bits per heavy atom. The Kier molecular flexibility index (Phi) is 6.54. The standard InChI is InChI=1S/C27H35N5O3/c1-18-16-22(30-12-14-31(15-13-30)27(33)20-8-6-5-7-9-20)26-28-19(2)25(32(26)29-18)21-10-11-23(34-3)24(17-21)35-4/h10-11,16-17,20H,5-9,12-15H2,1-4H3. The molecule has 1 aliphatic heterocycles. The number of aromatic nitrogens is 3. The van der Waals surface area contributed by atoms with Gasteiger partial charge in [0.25, 0.3) is 0 Å². The zero-order valence-corrected chi connectivity index (χ0v) is 21.2. The molecular formula is C27H35N5O3. The van der Waals surface area contributed by atoms with Crippen LogP contribution in [0.1, 0.15) is 43.5 Å². The molecule has 0 unspecified atom stereocenters. The summed E-state index contributed by atoms with van der Waals surface area (Å²) < 4.78 is 12.9. The van der Waals surface area contributed by atoms with Gasteiger partial charge in [0, 0.05) is 37.7 Å². The first kappa shape index (κ1) is 23.5. The Balaban J connectivity index is 1.43. The van der Waals surface area contributed by atoms with Gasteiger partial charge in [-0.3, -0.25) is 4.79 Å². The van der Waals surface area contributed by atoms with E-state index in [9.17, 15) is 4.79 Å². The first-order valence-corrected chi connectivity index (χ1v) is 12.6. The number of anilines is 1. The molecule has 0 spiro atoms. The SMILES string of the molecule is COc1ccc(-c2c(C)nc3c(N4CCN(C(=O)C5CCCCC5)CC4)cc(C)nn23)cc1OC. The normalized spacial score (nSPS) is 17.1. The Morgan fingerprint density at radius 3 is 2.34 bits per heavy atom. The third-order valence-corrected chi connectivity index (χ3v) is 7.40. The number of carbonyl (C=O) groups is 1. The highest BCUT2D eigenvalue weighted by molar-refractivity contribution is 5.80. The molecule has 2 fully saturated rings. The minimum atomic E-state index is 0.226. The van der Waals surface area contributed by atoms with E-state index < -0.39 is 0 Å². The summed E-state index contributed by atoms with van der Waals surface area (Å²) in [5.41, 5.74) is 5.65. The molecule has 0 bridgehead atoms. The van der Waals surface area contributed by atoms with Crippen molar-refractivity contribution in [2.75, 3.05) is 45.3 Å². The number of rotatable bonds is 5. The molecular weight excluding hydrogens is 442 g/mol. The molecule has 3 aromatic rings. The van der Waals surface area contributed by atoms with Crippen molar-refractivity contribution in [1.29, 1.82) is 0 Å². The van der Waals surface area contributed by atoms with Crippen molar-refractivity contribution in [3.8, 4) is 22.8 Å². The highest BCUT2D eigenvalue weighted by atomic mass is 16.5. The molecule has 2 aliphatic rings. The van der Waals surface area contributed by atoms with Crippen molar-refractivity contribution in [3.63, 3.8) is 0 Å². The zero-order chi connectivity index (χ0) is 24.5. The van der Waals surface area contributed by atoms with Gasteiger partial charge >= 0.3 is 0 Å². The smallest absolute Gasteiger partial charge is 0.225 e. The van der Waals surface area contributed by atoms with Gasteiger partial charge < -0.3 is 19.3 Å². The summed E-state index contributed by atoms with van der Waals surface area (Å²) in [6.45, 7) is 7.14. The summed E-state index contributed by atoms with van der Waals surface area (Å²) in [5, 5.41) is 4.82. The van der Waals surface area contributed by atoms with Crippen LogP contribution in [0, 0.1) is 19.8 Å². The Bertz CT molecular complexity index is 1220. The largest absolute Gasteiger partial charge is 0.493 e. The maximum atomic E-state index is 13.0. The number of imidazole rings is 1. The number of hydrogen-bond acceptors (Lipinski definition) is 6. The lowest BCUT2D eigenvalue weighted by molar-refractivity contribution is -0.136. The third kappa shape index (κ3) is 4.42. The van der Waals surface area contributed by atoms with Gasteiger partial charge in [0.15, 0.2) is 17.1 Å². The van der Waals surface area contributed by atoms with E-state index in [4.69, 9.17) is 19.6 Å². The number of ether oxygens (including phenoxy) is 2. The fourth-order valence-corrected chi connectivity index (χ4v) is 5.55. The van der Waals surface area contributed by atoms with Crippen LogP contribution < -0.4 is 14.4 Å². The number of aryl methyl sites for hydroxylation is 2. The van der Waals surface area contributed by atoms with Crippen LogP contribution in [-0.4, -0.2) is 65.8 Å². The van der Waals surface area contributed by atoms with E-state index >= 15 is 0 Å². The highest BCUT2D eigenvalue weighted by Crippen LogP contribution is 2.35. The summed E-state index contributed by atoms with van der Waals surface area (Å²) >= 11 is 0. The highest BCUT2D eigenvalue weighted by Gasteiger charge is 2.29. The predicted octanol–water partition coefficient (Wildman–Crippen LogP) is 4.26. The molecule has 0 atom stereocenters. The molecule has 1 amide bonds. The first-order chi connectivity index (χ1) is 17.0. The van der Waals surface area contributed by atoms with E-state index in [1.165, 1.54) is 19.3 Å². The zero-order valence-electron chi connectivity index (χ0n) is 21.2. The van der Waals surface area contributed by atoms with Crippen LogP contribution in [0.25, 0.3) is 16.9 Å². The van der Waals surface area contributed by atoms with E-state index in [-0.39, 0.29) is 5.92 Å². The monoisotopic (exact) mass is 477 g/mol. The number of fused-ring (bicyclic) bond motifs is 1. The van der Waals surface area contributed by atoms with Gasteiger partial charge in [-0.15, -0.1) is 0 Å². The lowest BCUT2D eigenvalue weighted by Gasteiger charge is -2.38. The molecule has 1 aromatic carbocycles. The lowest BCUT2D eigenvalue weighted by atomic mass is 9.88. The van der Waals surface area contributed by atoms with Crippen LogP contribution in [0.5, 0.6) is 11.5 Å². The fraction of sp³-hybridized carbons (Fsp3) is 0.519. The van der Waals surface area contributed by atoms with Crippen LogP contribution in [0.2, 0.25) is 0 Å². The van der Waals surface area contributed by atoms with Crippen LogP contribution in [0.15, 0.2) is 24.3 Å². The van der Waals surface area contributed by atoms with E-state index in [0.29, 0.717) is 17.4 Å². The average molecular weight is 478 g/mol. The summed E-state index contributed by atoms with van der Waals surface area (Å²) in [6, 6.07) is 8.00. The van der Waals surface area contributed by atoms with Crippen LogP contribution in [-0.2, 0) is 4.79 Å². The van der Waals surface area contributed by atoms with Crippen molar-refractivity contribution in [1.82, 2.24) is 19.5 Å². The van der Waals surface area contributed by atoms with Gasteiger partial charge in [0.1, 0.15) is 0 Å². The van der Waals surface area contributed by atoms with Gasteiger partial charge in [-0.25, -0.2) is 9.50 Å². The Morgan fingerprint density at radius 1 is 0.943 bits per heavy atom. The number of hydrogen-bond donors (Lipinski definition) is 0. The lowest BCUT2D eigenvalue weighted by Crippen LogP contribution is -2.50. The number of benzene rings is 1. The summed E-state index contributed by atoms with van der Waals surface area (Å²) in [7, 11) is 3.28. The van der Waals surface area contributed by atoms with Crippen molar-refractivity contribution < 1.29 is 14.3 Å².